The average Bonchev–Trinajstić information content (AvgIpc) is 2.89. The van der Waals surface area contributed by atoms with Gasteiger partial charge in [0.05, 0.1) is 0 Å². The highest BCUT2D eigenvalue weighted by molar-refractivity contribution is 5.35. The van der Waals surface area contributed by atoms with E-state index in [-0.39, 0.29) is 12.0 Å². The zero-order valence-corrected chi connectivity index (χ0v) is 11.9. The zero-order valence-electron chi connectivity index (χ0n) is 11.9. The number of nitrogen functional groups attached to an aromatic ring is 1. The molecule has 1 atom stereocenters. The minimum absolute atomic E-state index is 0.146. The van der Waals surface area contributed by atoms with E-state index in [9.17, 15) is 0 Å². The molecule has 0 saturated carbocycles. The molecule has 108 valence electrons. The van der Waals surface area contributed by atoms with Crippen LogP contribution in [-0.4, -0.2) is 61.3 Å². The molecule has 0 aromatic carbocycles. The number of hydrogen-bond donors (Lipinski definition) is 2. The van der Waals surface area contributed by atoms with Gasteiger partial charge in [0.25, 0.3) is 5.95 Å². The zero-order chi connectivity index (χ0) is 14.5. The van der Waals surface area contributed by atoms with Crippen molar-refractivity contribution in [2.24, 2.45) is 0 Å². The Morgan fingerprint density at radius 2 is 2.15 bits per heavy atom. The molecule has 2 rings (SSSR count). The fourth-order valence-corrected chi connectivity index (χ4v) is 1.60. The van der Waals surface area contributed by atoms with Crippen LogP contribution in [0.25, 0.3) is 5.95 Å². The van der Waals surface area contributed by atoms with Gasteiger partial charge in [-0.2, -0.15) is 24.7 Å². The van der Waals surface area contributed by atoms with Crippen LogP contribution in [0.4, 0.5) is 11.9 Å². The Balaban J connectivity index is 2.08. The van der Waals surface area contributed by atoms with Crippen LogP contribution in [0, 0.1) is 0 Å². The van der Waals surface area contributed by atoms with E-state index in [0.717, 1.165) is 13.0 Å². The molecule has 20 heavy (non-hydrogen) atoms. The van der Waals surface area contributed by atoms with Gasteiger partial charge in [0, 0.05) is 6.04 Å². The maximum atomic E-state index is 5.69. The lowest BCUT2D eigenvalue weighted by atomic mass is 10.2. The quantitative estimate of drug-likeness (QED) is 0.746. The van der Waals surface area contributed by atoms with Crippen LogP contribution in [0.1, 0.15) is 13.3 Å². The largest absolute Gasteiger partial charge is 0.368 e. The molecule has 2 heterocycles. The van der Waals surface area contributed by atoms with Crippen molar-refractivity contribution in [3.05, 3.63) is 12.7 Å². The van der Waals surface area contributed by atoms with Crippen LogP contribution < -0.4 is 11.1 Å². The van der Waals surface area contributed by atoms with Crippen molar-refractivity contribution in [2.45, 2.75) is 19.4 Å². The molecular weight excluding hydrogens is 258 g/mol. The number of anilines is 2. The van der Waals surface area contributed by atoms with Crippen molar-refractivity contribution in [2.75, 3.05) is 31.7 Å². The molecule has 0 bridgehead atoms. The predicted octanol–water partition coefficient (Wildman–Crippen LogP) is -0.213. The highest BCUT2D eigenvalue weighted by atomic mass is 15.4. The van der Waals surface area contributed by atoms with Crippen molar-refractivity contribution in [3.63, 3.8) is 0 Å². The Morgan fingerprint density at radius 1 is 1.35 bits per heavy atom. The van der Waals surface area contributed by atoms with Gasteiger partial charge in [-0.3, -0.25) is 0 Å². The molecule has 2 aromatic heterocycles. The standard InChI is InChI=1S/C11H19N9/c1-8(4-5-19(2)3)15-10-16-9(12)17-11(18-10)20-7-13-6-14-20/h6-8H,4-5H2,1-3H3,(H3,12,15,16,17,18). The Labute approximate surface area is 117 Å². The third kappa shape index (κ3) is 3.85. The molecule has 1 unspecified atom stereocenters. The Morgan fingerprint density at radius 3 is 2.80 bits per heavy atom. The second kappa shape index (κ2) is 6.24. The number of nitrogens with zero attached hydrogens (tertiary/aromatic N) is 7. The first kappa shape index (κ1) is 14.1. The van der Waals surface area contributed by atoms with Crippen LogP contribution in [0.3, 0.4) is 0 Å². The SMILES string of the molecule is CC(CCN(C)C)Nc1nc(N)nc(-n2cncn2)n1. The topological polar surface area (TPSA) is 111 Å². The number of nitrogens with one attached hydrogen (secondary N) is 1. The van der Waals surface area contributed by atoms with Crippen molar-refractivity contribution in [1.29, 1.82) is 0 Å². The third-order valence-electron chi connectivity index (χ3n) is 2.65. The summed E-state index contributed by atoms with van der Waals surface area (Å²) < 4.78 is 1.44. The summed E-state index contributed by atoms with van der Waals surface area (Å²) in [6.07, 6.45) is 3.89. The van der Waals surface area contributed by atoms with E-state index in [0.29, 0.717) is 11.9 Å². The summed E-state index contributed by atoms with van der Waals surface area (Å²) >= 11 is 0. The molecule has 0 spiro atoms. The maximum Gasteiger partial charge on any atom is 0.258 e. The highest BCUT2D eigenvalue weighted by Crippen LogP contribution is 2.08. The fourth-order valence-electron chi connectivity index (χ4n) is 1.60. The first-order valence-corrected chi connectivity index (χ1v) is 6.32. The van der Waals surface area contributed by atoms with Gasteiger partial charge in [-0.1, -0.05) is 0 Å². The number of hydrogen-bond acceptors (Lipinski definition) is 8. The Hall–Kier alpha value is -2.29. The van der Waals surface area contributed by atoms with E-state index in [1.807, 2.05) is 14.1 Å². The summed E-state index contributed by atoms with van der Waals surface area (Å²) in [5.74, 6) is 0.930. The first-order valence-electron chi connectivity index (χ1n) is 6.32. The molecular formula is C11H19N9. The van der Waals surface area contributed by atoms with E-state index < -0.39 is 0 Å². The van der Waals surface area contributed by atoms with Crippen molar-refractivity contribution >= 4 is 11.9 Å². The van der Waals surface area contributed by atoms with Crippen LogP contribution in [0.2, 0.25) is 0 Å². The molecule has 0 amide bonds. The lowest BCUT2D eigenvalue weighted by Gasteiger charge is -2.16. The van der Waals surface area contributed by atoms with Crippen LogP contribution in [0.15, 0.2) is 12.7 Å². The van der Waals surface area contributed by atoms with E-state index in [4.69, 9.17) is 5.73 Å². The highest BCUT2D eigenvalue weighted by Gasteiger charge is 2.09. The van der Waals surface area contributed by atoms with Crippen LogP contribution in [0.5, 0.6) is 0 Å². The molecule has 3 N–H and O–H groups in total. The Kier molecular flexibility index (Phi) is 4.41. The summed E-state index contributed by atoms with van der Waals surface area (Å²) in [6.45, 7) is 3.04. The van der Waals surface area contributed by atoms with Gasteiger partial charge in [-0.15, -0.1) is 0 Å². The summed E-state index contributed by atoms with van der Waals surface area (Å²) in [5, 5.41) is 7.18. The molecule has 0 saturated heterocycles. The minimum Gasteiger partial charge on any atom is -0.368 e. The van der Waals surface area contributed by atoms with Gasteiger partial charge in [0.2, 0.25) is 11.9 Å². The molecule has 2 aromatic rings. The average molecular weight is 277 g/mol. The summed E-state index contributed by atoms with van der Waals surface area (Å²) in [5.41, 5.74) is 5.69. The van der Waals surface area contributed by atoms with Gasteiger partial charge < -0.3 is 16.0 Å². The molecule has 0 aliphatic carbocycles. The van der Waals surface area contributed by atoms with Crippen LogP contribution in [-0.2, 0) is 0 Å². The third-order valence-corrected chi connectivity index (χ3v) is 2.65. The molecule has 9 nitrogen and oxygen atoms in total. The molecule has 0 fully saturated rings. The van der Waals surface area contributed by atoms with Gasteiger partial charge in [-0.05, 0) is 34.0 Å². The smallest absolute Gasteiger partial charge is 0.258 e. The molecule has 0 aliphatic heterocycles. The van der Waals surface area contributed by atoms with Crippen molar-refractivity contribution in [3.8, 4) is 5.95 Å². The molecule has 0 radical (unpaired) electrons. The molecule has 9 heteroatoms. The fraction of sp³-hybridized carbons (Fsp3) is 0.545. The monoisotopic (exact) mass is 277 g/mol. The maximum absolute atomic E-state index is 5.69. The Bertz CT molecular complexity index is 537. The van der Waals surface area contributed by atoms with E-state index in [1.165, 1.54) is 17.3 Å². The van der Waals surface area contributed by atoms with E-state index >= 15 is 0 Å². The van der Waals surface area contributed by atoms with Gasteiger partial charge in [0.15, 0.2) is 0 Å². The predicted molar refractivity (Wildman–Crippen MR) is 75.4 cm³/mol. The lowest BCUT2D eigenvalue weighted by molar-refractivity contribution is 0.390. The van der Waals surface area contributed by atoms with Crippen LogP contribution >= 0.6 is 0 Å². The number of rotatable bonds is 6. The minimum atomic E-state index is 0.146. The summed E-state index contributed by atoms with van der Waals surface area (Å²) in [6, 6.07) is 0.225. The summed E-state index contributed by atoms with van der Waals surface area (Å²) in [7, 11) is 4.08. The van der Waals surface area contributed by atoms with Gasteiger partial charge in [-0.25, -0.2) is 4.98 Å². The number of aromatic nitrogens is 6. The normalized spacial score (nSPS) is 12.6. The van der Waals surface area contributed by atoms with Crippen molar-refractivity contribution < 1.29 is 0 Å². The second-order valence-electron chi connectivity index (χ2n) is 4.79. The van der Waals surface area contributed by atoms with E-state index in [1.54, 1.807) is 0 Å². The lowest BCUT2D eigenvalue weighted by Crippen LogP contribution is -2.24. The molecule has 0 aliphatic rings. The van der Waals surface area contributed by atoms with Gasteiger partial charge >= 0.3 is 0 Å². The van der Waals surface area contributed by atoms with Crippen molar-refractivity contribution in [1.82, 2.24) is 34.6 Å². The van der Waals surface area contributed by atoms with Gasteiger partial charge in [0.1, 0.15) is 12.7 Å². The first-order chi connectivity index (χ1) is 9.54. The summed E-state index contributed by atoms with van der Waals surface area (Å²) in [4.78, 5) is 18.4. The second-order valence-corrected chi connectivity index (χ2v) is 4.79. The van der Waals surface area contributed by atoms with E-state index in [2.05, 4.69) is 42.2 Å². The number of nitrogens with two attached hydrogens (primary N) is 1.